The number of benzene rings is 11. The molecule has 3 aliphatic rings. The summed E-state index contributed by atoms with van der Waals surface area (Å²) in [6.07, 6.45) is 3.22. The molecule has 3 aliphatic heterocycles. The van der Waals surface area contributed by atoms with E-state index < -0.39 is 17.0 Å². The zero-order chi connectivity index (χ0) is 76.2. The van der Waals surface area contributed by atoms with Gasteiger partial charge >= 0.3 is 35.5 Å². The number of hydrogen-bond donors (Lipinski definition) is 4. The minimum absolute atomic E-state index is 0. The van der Waals surface area contributed by atoms with Gasteiger partial charge in [-0.3, -0.25) is 14.6 Å². The Morgan fingerprint density at radius 1 is 0.486 bits per heavy atom. The van der Waals surface area contributed by atoms with Crippen molar-refractivity contribution in [3.05, 3.63) is 389 Å². The maximum absolute atomic E-state index is 11.7. The van der Waals surface area contributed by atoms with Crippen molar-refractivity contribution in [2.75, 3.05) is 44.5 Å². The first-order valence-corrected chi connectivity index (χ1v) is 38.5. The van der Waals surface area contributed by atoms with Gasteiger partial charge in [-0.2, -0.15) is 0 Å². The third-order valence-electron chi connectivity index (χ3n) is 17.7. The summed E-state index contributed by atoms with van der Waals surface area (Å²) in [6.45, 7) is 11.7. The summed E-state index contributed by atoms with van der Waals surface area (Å²) < 4.78 is 0. The van der Waals surface area contributed by atoms with Crippen LogP contribution in [0.4, 0.5) is 0 Å². The number of nitrogens with one attached hydrogen (secondary N) is 2. The summed E-state index contributed by atoms with van der Waals surface area (Å²) in [5, 5.41) is 28.0. The van der Waals surface area contributed by atoms with Gasteiger partial charge in [-0.05, 0) is 165 Å². The van der Waals surface area contributed by atoms with Crippen LogP contribution in [0, 0.1) is 11.8 Å². The molecule has 11 aromatic carbocycles. The van der Waals surface area contributed by atoms with E-state index in [1.54, 1.807) is 30.3 Å². The number of nitrogens with zero attached hydrogens (tertiary/aromatic N) is 3. The second-order valence-corrected chi connectivity index (χ2v) is 29.3. The first-order chi connectivity index (χ1) is 51.3. The van der Waals surface area contributed by atoms with Crippen LogP contribution in [-0.2, 0) is 56.5 Å². The van der Waals surface area contributed by atoms with Gasteiger partial charge in [-0.1, -0.05) is 305 Å². The first-order valence-electron chi connectivity index (χ1n) is 33.7. The summed E-state index contributed by atoms with van der Waals surface area (Å²) in [6, 6.07) is 83.6. The van der Waals surface area contributed by atoms with Crippen LogP contribution < -0.4 is 45.9 Å². The smallest absolute Gasteiger partial charge is 0.512 e. The predicted octanol–water partition coefficient (Wildman–Crippen LogP) is 21.5. The van der Waals surface area contributed by atoms with Gasteiger partial charge < -0.3 is 33.3 Å². The van der Waals surface area contributed by atoms with Crippen LogP contribution in [0.1, 0.15) is 100 Å². The number of fused-ring (bicyclic) bond motifs is 3. The fraction of sp³-hybridized carbons (Fsp3) is 0.198. The number of alkyl halides is 2. The first kappa shape index (κ1) is 100. The molecule has 0 aromatic heterocycles. The van der Waals surface area contributed by atoms with E-state index in [0.717, 1.165) is 101 Å². The van der Waals surface area contributed by atoms with Crippen molar-refractivity contribution in [2.24, 2.45) is 5.73 Å². The van der Waals surface area contributed by atoms with E-state index in [0.29, 0.717) is 74.8 Å². The number of carboxylic acid groups (broad SMARTS) is 1. The molecule has 111 heavy (non-hydrogen) atoms. The van der Waals surface area contributed by atoms with E-state index in [2.05, 4.69) is 190 Å². The largest absolute Gasteiger partial charge is 1.00 e. The van der Waals surface area contributed by atoms with E-state index in [-0.39, 0.29) is 85.8 Å². The summed E-state index contributed by atoms with van der Waals surface area (Å²) in [4.78, 5) is 26.9. The molecular formula is C86H81BCl14N6NaO3. The molecule has 0 bridgehead atoms. The van der Waals surface area contributed by atoms with Crippen molar-refractivity contribution in [1.82, 2.24) is 20.4 Å². The van der Waals surface area contributed by atoms with Crippen LogP contribution >= 0.6 is 164 Å². The van der Waals surface area contributed by atoms with Crippen LogP contribution in [0.15, 0.2) is 249 Å². The Balaban J connectivity index is 0.000000376. The topological polar surface area (TPSA) is 135 Å². The van der Waals surface area contributed by atoms with Gasteiger partial charge in [-0.15, -0.1) is 48.0 Å². The standard InChI is InChI=1S/C29H23Cl2NO2.C28H23Cl2N.C9H10Cl3N.C9H9Cl2N.C7H4Cl2O.C2H6ClN.CN.CH4.B.2ClH.Na/c30-25-18-20-19-32(17-16-24(20)27(31)26(25)28(33)34)29(21-10-4-1-5-11-21,22-12-6-2-7-13-22)23-14-8-3-9-15-23;29-25-18-21-20-31(17-16-26(21)27(30)19-25)28(22-10-4-1-5-11-22,23-12-6-2-7-13-23)24-14-8-3-9-15-24;10-1-2-13-6-7-3-8(11)5-9(12)4-7;10-7-3-6-5-12-2-1-8(6)9(11)4-7;8-6-1-5(4-10)2-7(9)3-6;3-1-2-4;1-2;;;;;/h1-15,18H,16-17,19H2,(H,33,34);1-15,18-19H,16-17,20H2;3-5,13H,1-2,6H2;3-4,12H,1-2,5H2;1-4H;1-2,4H2;;1H4;;2*1H;/q;;;;;;-1;;;;;+1. The molecule has 3 heterocycles. The van der Waals surface area contributed by atoms with E-state index in [1.165, 1.54) is 38.9 Å². The SMILES string of the molecule is C.Cl.Cl.ClCCNCc1cc(Cl)cc(Cl)c1.Clc1cc(Cl)c2c(c1)CN(C(c1ccccc1)(c1ccccc1)c1ccccc1)CC2.Clc1cc(Cl)c2c(c1)CNCC2.NCCCl.O=C(O)c1c(Cl)cc2c(c1Cl)CCN(C(c1ccccc1)(c1ccccc1)c1ccccc1)C2.O=Cc1cc(Cl)cc(Cl)c1.[B].[C-]#N.[Na+]. The van der Waals surface area contributed by atoms with Crippen molar-refractivity contribution < 1.29 is 44.3 Å². The number of halogens is 14. The Bertz CT molecular complexity index is 4440. The maximum Gasteiger partial charge on any atom is 1.00 e. The quantitative estimate of drug-likeness (QED) is 0.0198. The second-order valence-electron chi connectivity index (χ2n) is 24.4. The van der Waals surface area contributed by atoms with Gasteiger partial charge in [0.25, 0.3) is 0 Å². The average Bonchev–Trinajstić information content (AvgIpc) is 0.734. The Morgan fingerprint density at radius 2 is 0.820 bits per heavy atom. The molecule has 5 N–H and O–H groups in total. The van der Waals surface area contributed by atoms with Gasteiger partial charge in [0.2, 0.25) is 0 Å². The molecule has 0 spiro atoms. The van der Waals surface area contributed by atoms with Crippen LogP contribution in [-0.4, -0.2) is 80.1 Å². The van der Waals surface area contributed by atoms with Crippen molar-refractivity contribution >= 4 is 185 Å². The molecule has 0 saturated heterocycles. The third kappa shape index (κ3) is 26.8. The minimum Gasteiger partial charge on any atom is -0.512 e. The summed E-state index contributed by atoms with van der Waals surface area (Å²) in [7, 11) is 0. The number of aromatic carboxylic acids is 1. The number of carboxylic acids is 1. The van der Waals surface area contributed by atoms with Crippen molar-refractivity contribution in [2.45, 2.75) is 63.9 Å². The van der Waals surface area contributed by atoms with Crippen LogP contribution in [0.2, 0.25) is 50.2 Å². The van der Waals surface area contributed by atoms with Gasteiger partial charge in [-0.25, -0.2) is 4.79 Å². The van der Waals surface area contributed by atoms with Crippen LogP contribution in [0.3, 0.4) is 0 Å². The molecule has 0 atom stereocenters. The zero-order valence-electron chi connectivity index (χ0n) is 59.8. The summed E-state index contributed by atoms with van der Waals surface area (Å²) in [5.74, 6) is 0.0707. The normalized spacial score (nSPS) is 12.3. The monoisotopic (exact) mass is 1770 g/mol. The Hall–Kier alpha value is -5.03. The summed E-state index contributed by atoms with van der Waals surface area (Å²) >= 11 is 71.2. The van der Waals surface area contributed by atoms with Gasteiger partial charge in [0, 0.05) is 118 Å². The molecule has 25 heteroatoms. The molecule has 9 nitrogen and oxygen atoms in total. The van der Waals surface area contributed by atoms with Crippen LogP contribution in [0.5, 0.6) is 0 Å². The zero-order valence-corrected chi connectivity index (χ0v) is 72.5. The Kier molecular flexibility index (Phi) is 46.1. The van der Waals surface area contributed by atoms with Gasteiger partial charge in [0.1, 0.15) is 6.29 Å². The number of hydrogen-bond acceptors (Lipinski definition) is 8. The molecule has 575 valence electrons. The summed E-state index contributed by atoms with van der Waals surface area (Å²) in [5.41, 5.74) is 19.4. The number of carbonyl (C=O) groups is 2. The molecular weight excluding hydrogens is 1700 g/mol. The van der Waals surface area contributed by atoms with Crippen molar-refractivity contribution in [3.63, 3.8) is 0 Å². The molecule has 11 aromatic rings. The van der Waals surface area contributed by atoms with E-state index >= 15 is 0 Å². The number of carbonyl (C=O) groups excluding carboxylic acids is 1. The maximum atomic E-state index is 11.7. The van der Waals surface area contributed by atoms with Crippen molar-refractivity contribution in [3.8, 4) is 0 Å². The van der Waals surface area contributed by atoms with Crippen molar-refractivity contribution in [1.29, 1.82) is 5.26 Å². The fourth-order valence-electron chi connectivity index (χ4n) is 13.4. The molecule has 0 unspecified atom stereocenters. The minimum atomic E-state index is -1.10. The number of nitrogens with two attached hydrogens (primary N) is 1. The molecule has 0 fully saturated rings. The third-order valence-corrected chi connectivity index (χ3v) is 20.8. The van der Waals surface area contributed by atoms with Gasteiger partial charge in [0.15, 0.2) is 0 Å². The van der Waals surface area contributed by atoms with Crippen LogP contribution in [0.25, 0.3) is 0 Å². The van der Waals surface area contributed by atoms with E-state index in [9.17, 15) is 14.7 Å². The van der Waals surface area contributed by atoms with E-state index in [4.69, 9.17) is 157 Å². The second kappa shape index (κ2) is 51.1. The molecule has 14 rings (SSSR count). The molecule has 0 amide bonds. The molecule has 0 saturated carbocycles. The fourth-order valence-corrected chi connectivity index (χ4v) is 16.6. The number of aldehydes is 1. The predicted molar refractivity (Wildman–Crippen MR) is 471 cm³/mol. The molecule has 3 radical (unpaired) electrons. The van der Waals surface area contributed by atoms with E-state index in [1.807, 2.05) is 48.5 Å². The Morgan fingerprint density at radius 3 is 1.17 bits per heavy atom. The average molecular weight is 1780 g/mol. The molecule has 0 aliphatic carbocycles. The van der Waals surface area contributed by atoms with Gasteiger partial charge in [0.05, 0.1) is 26.7 Å². The Labute approximate surface area is 749 Å². The number of rotatable bonds is 15.